The summed E-state index contributed by atoms with van der Waals surface area (Å²) in [4.78, 5) is 23.5. The predicted octanol–water partition coefficient (Wildman–Crippen LogP) is 1.97. The summed E-state index contributed by atoms with van der Waals surface area (Å²) >= 11 is 0. The first-order chi connectivity index (χ1) is 11.2. The zero-order valence-corrected chi connectivity index (χ0v) is 13.6. The number of ether oxygens (including phenoxy) is 1. The molecule has 3 rings (SSSR count). The zero-order valence-electron chi connectivity index (χ0n) is 13.6. The maximum Gasteiger partial charge on any atom is 0.252 e. The Labute approximate surface area is 136 Å². The summed E-state index contributed by atoms with van der Waals surface area (Å²) < 4.78 is 4.98. The fraction of sp³-hybridized carbons (Fsp3) is 0.412. The van der Waals surface area contributed by atoms with E-state index >= 15 is 0 Å². The number of anilines is 2. The van der Waals surface area contributed by atoms with E-state index in [1.54, 1.807) is 18.3 Å². The SMILES string of the molecule is CCN(C(=O)COC)c1ccc2c(c1)N(Cc1cnc[nH]1)CC2. The van der Waals surface area contributed by atoms with Crippen LogP contribution in [0.2, 0.25) is 0 Å². The quantitative estimate of drug-likeness (QED) is 0.885. The molecular formula is C17H22N4O2. The van der Waals surface area contributed by atoms with Gasteiger partial charge in [0, 0.05) is 37.8 Å². The molecule has 2 heterocycles. The maximum atomic E-state index is 12.2. The van der Waals surface area contributed by atoms with Crippen LogP contribution in [-0.2, 0) is 22.5 Å². The summed E-state index contributed by atoms with van der Waals surface area (Å²) in [6.45, 7) is 4.48. The molecule has 1 aliphatic heterocycles. The molecule has 6 heteroatoms. The summed E-state index contributed by atoms with van der Waals surface area (Å²) in [6.07, 6.45) is 4.58. The van der Waals surface area contributed by atoms with Crippen molar-refractivity contribution in [3.8, 4) is 0 Å². The van der Waals surface area contributed by atoms with Gasteiger partial charge in [-0.05, 0) is 31.0 Å². The molecule has 23 heavy (non-hydrogen) atoms. The van der Waals surface area contributed by atoms with E-state index in [0.29, 0.717) is 6.54 Å². The summed E-state index contributed by atoms with van der Waals surface area (Å²) in [5.41, 5.74) is 4.53. The van der Waals surface area contributed by atoms with Crippen LogP contribution < -0.4 is 9.80 Å². The Morgan fingerprint density at radius 2 is 2.35 bits per heavy atom. The number of benzene rings is 1. The van der Waals surface area contributed by atoms with Crippen LogP contribution in [0.1, 0.15) is 18.2 Å². The smallest absolute Gasteiger partial charge is 0.252 e. The Kier molecular flexibility index (Phi) is 4.62. The molecule has 1 N–H and O–H groups in total. The molecule has 1 amide bonds. The number of nitrogens with one attached hydrogen (secondary N) is 1. The number of nitrogens with zero attached hydrogens (tertiary/aromatic N) is 3. The van der Waals surface area contributed by atoms with E-state index in [1.807, 2.05) is 19.2 Å². The molecule has 0 unspecified atom stereocenters. The van der Waals surface area contributed by atoms with E-state index in [9.17, 15) is 4.79 Å². The van der Waals surface area contributed by atoms with Gasteiger partial charge in [-0.15, -0.1) is 0 Å². The van der Waals surface area contributed by atoms with Gasteiger partial charge in [0.25, 0.3) is 5.91 Å². The number of methoxy groups -OCH3 is 1. The lowest BCUT2D eigenvalue weighted by molar-refractivity contribution is -0.122. The van der Waals surface area contributed by atoms with E-state index in [0.717, 1.165) is 30.9 Å². The molecule has 1 aliphatic rings. The van der Waals surface area contributed by atoms with Gasteiger partial charge < -0.3 is 19.5 Å². The second kappa shape index (κ2) is 6.83. The number of carbonyl (C=O) groups is 1. The number of H-pyrrole nitrogens is 1. The number of rotatable bonds is 6. The Balaban J connectivity index is 1.84. The van der Waals surface area contributed by atoms with Crippen molar-refractivity contribution in [3.05, 3.63) is 42.0 Å². The minimum absolute atomic E-state index is 0.0203. The summed E-state index contributed by atoms with van der Waals surface area (Å²) in [5.74, 6) is -0.0203. The van der Waals surface area contributed by atoms with Gasteiger partial charge in [-0.25, -0.2) is 4.98 Å². The van der Waals surface area contributed by atoms with E-state index in [2.05, 4.69) is 27.0 Å². The highest BCUT2D eigenvalue weighted by Crippen LogP contribution is 2.33. The van der Waals surface area contributed by atoms with Crippen molar-refractivity contribution in [2.24, 2.45) is 0 Å². The van der Waals surface area contributed by atoms with Gasteiger partial charge in [-0.2, -0.15) is 0 Å². The number of likely N-dealkylation sites (N-methyl/N-ethyl adjacent to an activating group) is 1. The molecule has 0 bridgehead atoms. The van der Waals surface area contributed by atoms with Crippen molar-refractivity contribution in [1.29, 1.82) is 0 Å². The average Bonchev–Trinajstić information content (AvgIpc) is 3.19. The molecule has 2 aromatic rings. The van der Waals surface area contributed by atoms with E-state index in [-0.39, 0.29) is 12.5 Å². The Bertz CT molecular complexity index is 669. The minimum Gasteiger partial charge on any atom is -0.375 e. The highest BCUT2D eigenvalue weighted by atomic mass is 16.5. The van der Waals surface area contributed by atoms with Crippen molar-refractivity contribution < 1.29 is 9.53 Å². The number of aromatic amines is 1. The molecule has 0 aliphatic carbocycles. The third kappa shape index (κ3) is 3.22. The van der Waals surface area contributed by atoms with Crippen molar-refractivity contribution in [2.75, 3.05) is 36.6 Å². The Hall–Kier alpha value is -2.34. The lowest BCUT2D eigenvalue weighted by atomic mass is 10.1. The van der Waals surface area contributed by atoms with Gasteiger partial charge in [0.2, 0.25) is 0 Å². The van der Waals surface area contributed by atoms with Crippen LogP contribution in [0.15, 0.2) is 30.7 Å². The molecule has 0 saturated heterocycles. The predicted molar refractivity (Wildman–Crippen MR) is 89.7 cm³/mol. The topological polar surface area (TPSA) is 61.5 Å². The number of fused-ring (bicyclic) bond motifs is 1. The molecule has 1 aromatic heterocycles. The van der Waals surface area contributed by atoms with Gasteiger partial charge in [0.15, 0.2) is 0 Å². The molecule has 1 aromatic carbocycles. The average molecular weight is 314 g/mol. The number of imidazole rings is 1. The molecule has 0 saturated carbocycles. The Morgan fingerprint density at radius 1 is 1.48 bits per heavy atom. The standard InChI is InChI=1S/C17H22N4O2/c1-3-21(17(22)11-23-2)15-5-4-13-6-7-20(16(13)8-15)10-14-9-18-12-19-14/h4-5,8-9,12H,3,6-7,10-11H2,1-2H3,(H,18,19). The number of hydrogen-bond acceptors (Lipinski definition) is 4. The van der Waals surface area contributed by atoms with Crippen molar-refractivity contribution in [1.82, 2.24) is 9.97 Å². The lowest BCUT2D eigenvalue weighted by Crippen LogP contribution is -2.33. The third-order valence-corrected chi connectivity index (χ3v) is 4.17. The van der Waals surface area contributed by atoms with Crippen LogP contribution in [-0.4, -0.2) is 42.7 Å². The minimum atomic E-state index is -0.0203. The van der Waals surface area contributed by atoms with Crippen LogP contribution in [0, 0.1) is 0 Å². The molecule has 122 valence electrons. The third-order valence-electron chi connectivity index (χ3n) is 4.17. The number of carbonyl (C=O) groups excluding carboxylic acids is 1. The second-order valence-corrected chi connectivity index (χ2v) is 5.63. The van der Waals surface area contributed by atoms with Crippen LogP contribution in [0.25, 0.3) is 0 Å². The van der Waals surface area contributed by atoms with Gasteiger partial charge in [0.05, 0.1) is 18.6 Å². The van der Waals surface area contributed by atoms with Gasteiger partial charge >= 0.3 is 0 Å². The lowest BCUT2D eigenvalue weighted by Gasteiger charge is -2.24. The summed E-state index contributed by atoms with van der Waals surface area (Å²) in [7, 11) is 1.54. The highest BCUT2D eigenvalue weighted by Gasteiger charge is 2.22. The summed E-state index contributed by atoms with van der Waals surface area (Å²) in [5, 5.41) is 0. The normalized spacial score (nSPS) is 13.2. The van der Waals surface area contributed by atoms with E-state index < -0.39 is 0 Å². The monoisotopic (exact) mass is 314 g/mol. The van der Waals surface area contributed by atoms with Crippen molar-refractivity contribution in [2.45, 2.75) is 19.9 Å². The van der Waals surface area contributed by atoms with Gasteiger partial charge in [-0.1, -0.05) is 6.07 Å². The maximum absolute atomic E-state index is 12.2. The fourth-order valence-electron chi connectivity index (χ4n) is 3.05. The van der Waals surface area contributed by atoms with Crippen LogP contribution in [0.4, 0.5) is 11.4 Å². The fourth-order valence-corrected chi connectivity index (χ4v) is 3.05. The number of amides is 1. The molecule has 0 radical (unpaired) electrons. The number of aromatic nitrogens is 2. The van der Waals surface area contributed by atoms with Crippen LogP contribution in [0.5, 0.6) is 0 Å². The number of hydrogen-bond donors (Lipinski definition) is 1. The summed E-state index contributed by atoms with van der Waals surface area (Å²) in [6, 6.07) is 6.26. The first-order valence-electron chi connectivity index (χ1n) is 7.87. The van der Waals surface area contributed by atoms with Crippen LogP contribution >= 0.6 is 0 Å². The van der Waals surface area contributed by atoms with Crippen molar-refractivity contribution >= 4 is 17.3 Å². The van der Waals surface area contributed by atoms with Gasteiger partial charge in [0.1, 0.15) is 6.61 Å². The molecular weight excluding hydrogens is 292 g/mol. The molecule has 0 spiro atoms. The first-order valence-corrected chi connectivity index (χ1v) is 7.87. The van der Waals surface area contributed by atoms with Crippen molar-refractivity contribution in [3.63, 3.8) is 0 Å². The molecule has 6 nitrogen and oxygen atoms in total. The first kappa shape index (κ1) is 15.6. The van der Waals surface area contributed by atoms with Gasteiger partial charge in [-0.3, -0.25) is 4.79 Å². The van der Waals surface area contributed by atoms with Crippen LogP contribution in [0.3, 0.4) is 0 Å². The molecule has 0 atom stereocenters. The Morgan fingerprint density at radius 3 is 3.04 bits per heavy atom. The van der Waals surface area contributed by atoms with E-state index in [1.165, 1.54) is 11.3 Å². The van der Waals surface area contributed by atoms with E-state index in [4.69, 9.17) is 4.74 Å². The second-order valence-electron chi connectivity index (χ2n) is 5.63. The molecule has 0 fully saturated rings. The largest absolute Gasteiger partial charge is 0.375 e. The highest BCUT2D eigenvalue weighted by molar-refractivity contribution is 5.95. The zero-order chi connectivity index (χ0) is 16.2.